The molecule has 0 saturated carbocycles. The molecule has 0 bridgehead atoms. The molecule has 22 heavy (non-hydrogen) atoms. The van der Waals surface area contributed by atoms with Crippen molar-refractivity contribution < 1.29 is 4.74 Å². The molecular formula is C18H30N2OSi. The molecule has 122 valence electrons. The van der Waals surface area contributed by atoms with Crippen molar-refractivity contribution in [3.05, 3.63) is 29.8 Å². The lowest BCUT2D eigenvalue weighted by atomic mass is 9.77. The zero-order valence-corrected chi connectivity index (χ0v) is 15.6. The molecule has 0 aliphatic carbocycles. The van der Waals surface area contributed by atoms with Crippen molar-refractivity contribution in [2.45, 2.75) is 50.5 Å². The molecule has 3 rings (SSSR count). The van der Waals surface area contributed by atoms with E-state index >= 15 is 0 Å². The maximum Gasteiger partial charge on any atom is 0.0781 e. The summed E-state index contributed by atoms with van der Waals surface area (Å²) in [5.74, 6) is 0. The van der Waals surface area contributed by atoms with E-state index in [9.17, 15) is 0 Å². The largest absolute Gasteiger partial charge is 0.385 e. The Morgan fingerprint density at radius 1 is 1.27 bits per heavy atom. The van der Waals surface area contributed by atoms with Gasteiger partial charge in [0.25, 0.3) is 0 Å². The molecular weight excluding hydrogens is 288 g/mol. The van der Waals surface area contributed by atoms with E-state index in [1.807, 2.05) is 0 Å². The predicted molar refractivity (Wildman–Crippen MR) is 98.2 cm³/mol. The second-order valence-corrected chi connectivity index (χ2v) is 13.0. The molecule has 2 aliphatic rings. The van der Waals surface area contributed by atoms with Crippen LogP contribution in [0.1, 0.15) is 25.3 Å². The number of rotatable bonds is 2. The van der Waals surface area contributed by atoms with Crippen LogP contribution in [-0.2, 0) is 10.2 Å². The van der Waals surface area contributed by atoms with Crippen LogP contribution in [0.3, 0.4) is 0 Å². The number of ether oxygens (including phenoxy) is 1. The van der Waals surface area contributed by atoms with Gasteiger partial charge in [-0.1, -0.05) is 37.8 Å². The fraction of sp³-hybridized carbons (Fsp3) is 0.611. The van der Waals surface area contributed by atoms with Crippen LogP contribution < -0.4 is 5.32 Å². The number of aliphatic imine (C=N–C) groups is 1. The first-order valence-corrected chi connectivity index (χ1v) is 11.8. The number of piperidine rings is 1. The molecule has 1 spiro atoms. The van der Waals surface area contributed by atoms with Crippen LogP contribution >= 0.6 is 0 Å². The molecule has 2 atom stereocenters. The average molecular weight is 319 g/mol. The van der Waals surface area contributed by atoms with Gasteiger partial charge in [-0.25, -0.2) is 0 Å². The van der Waals surface area contributed by atoms with Crippen molar-refractivity contribution in [1.29, 1.82) is 0 Å². The minimum Gasteiger partial charge on any atom is -0.385 e. The molecule has 2 unspecified atom stereocenters. The lowest BCUT2D eigenvalue weighted by Crippen LogP contribution is -2.43. The van der Waals surface area contributed by atoms with E-state index in [0.717, 1.165) is 18.8 Å². The van der Waals surface area contributed by atoms with Crippen LogP contribution in [0, 0.1) is 0 Å². The monoisotopic (exact) mass is 318 g/mol. The maximum atomic E-state index is 5.18. The van der Waals surface area contributed by atoms with E-state index in [1.54, 1.807) is 7.11 Å². The molecule has 0 aromatic heterocycles. The molecule has 1 aromatic carbocycles. The number of benzene rings is 1. The summed E-state index contributed by atoms with van der Waals surface area (Å²) in [6.07, 6.45) is 4.63. The van der Waals surface area contributed by atoms with Crippen molar-refractivity contribution in [2.24, 2.45) is 4.99 Å². The highest BCUT2D eigenvalue weighted by atomic mass is 28.3. The lowest BCUT2D eigenvalue weighted by Gasteiger charge is -2.32. The summed E-state index contributed by atoms with van der Waals surface area (Å²) < 4.78 is 5.18. The highest BCUT2D eigenvalue weighted by Crippen LogP contribution is 2.40. The highest BCUT2D eigenvalue weighted by Gasteiger charge is 2.37. The molecule has 4 heteroatoms. The summed E-state index contributed by atoms with van der Waals surface area (Å²) in [5, 5.41) is 3.47. The Kier molecular flexibility index (Phi) is 5.58. The summed E-state index contributed by atoms with van der Waals surface area (Å²) >= 11 is 0. The molecule has 3 nitrogen and oxygen atoms in total. The van der Waals surface area contributed by atoms with Crippen LogP contribution in [0.15, 0.2) is 29.3 Å². The first-order chi connectivity index (χ1) is 10.4. The van der Waals surface area contributed by atoms with Gasteiger partial charge in [0.05, 0.1) is 13.8 Å². The Bertz CT molecular complexity index is 516. The second kappa shape index (κ2) is 7.07. The average Bonchev–Trinajstić information content (AvgIpc) is 2.86. The van der Waals surface area contributed by atoms with Crippen LogP contribution in [0.5, 0.6) is 0 Å². The zero-order valence-electron chi connectivity index (χ0n) is 14.6. The Morgan fingerprint density at radius 3 is 2.55 bits per heavy atom. The van der Waals surface area contributed by atoms with E-state index in [-0.39, 0.29) is 5.41 Å². The number of nitrogens with one attached hydrogen (secondary N) is 1. The molecule has 2 aliphatic heterocycles. The molecule has 1 saturated heterocycles. The first kappa shape index (κ1) is 17.4. The highest BCUT2D eigenvalue weighted by molar-refractivity contribution is 6.77. The molecule has 0 amide bonds. The Hall–Kier alpha value is -0.973. The van der Waals surface area contributed by atoms with E-state index in [4.69, 9.17) is 4.74 Å². The normalized spacial score (nSPS) is 24.6. The van der Waals surface area contributed by atoms with E-state index in [0.29, 0.717) is 5.73 Å². The summed E-state index contributed by atoms with van der Waals surface area (Å²) in [4.78, 5) is 4.51. The minimum atomic E-state index is -0.983. The van der Waals surface area contributed by atoms with Crippen LogP contribution in [0.4, 0.5) is 5.69 Å². The standard InChI is InChI=1S/C12H14N2.C6H16OSi/c1-2-5-11-10(4-1)12(9-14-11)6-3-7-13-8-12;1-6(7-2)8(3,4)5/h1-2,4-5,9,13H,3,6-8H2;6H,1-5H3. The smallest absolute Gasteiger partial charge is 0.0781 e. The van der Waals surface area contributed by atoms with Gasteiger partial charge in [-0.3, -0.25) is 4.99 Å². The third kappa shape index (κ3) is 3.86. The van der Waals surface area contributed by atoms with Gasteiger partial charge in [-0.05, 0) is 37.9 Å². The zero-order chi connectivity index (χ0) is 16.2. The van der Waals surface area contributed by atoms with E-state index < -0.39 is 8.07 Å². The quantitative estimate of drug-likeness (QED) is 0.839. The number of nitrogens with zero attached hydrogens (tertiary/aromatic N) is 1. The topological polar surface area (TPSA) is 33.6 Å². The van der Waals surface area contributed by atoms with Gasteiger partial charge < -0.3 is 10.1 Å². The van der Waals surface area contributed by atoms with Crippen molar-refractivity contribution in [2.75, 3.05) is 20.2 Å². The Labute approximate surface area is 136 Å². The number of hydrogen-bond acceptors (Lipinski definition) is 3. The van der Waals surface area contributed by atoms with Crippen molar-refractivity contribution in [1.82, 2.24) is 5.32 Å². The van der Waals surface area contributed by atoms with Gasteiger partial charge in [-0.15, -0.1) is 0 Å². The predicted octanol–water partition coefficient (Wildman–Crippen LogP) is 3.92. The van der Waals surface area contributed by atoms with E-state index in [1.165, 1.54) is 18.4 Å². The molecule has 1 N–H and O–H groups in total. The van der Waals surface area contributed by atoms with Gasteiger partial charge in [0, 0.05) is 31.0 Å². The molecule has 1 fully saturated rings. The van der Waals surface area contributed by atoms with Gasteiger partial charge in [0.15, 0.2) is 0 Å². The molecule has 1 aromatic rings. The number of para-hydroxylation sites is 1. The maximum absolute atomic E-state index is 5.18. The van der Waals surface area contributed by atoms with Crippen molar-refractivity contribution in [3.63, 3.8) is 0 Å². The van der Waals surface area contributed by atoms with Gasteiger partial charge >= 0.3 is 0 Å². The molecule has 2 heterocycles. The van der Waals surface area contributed by atoms with Crippen molar-refractivity contribution >= 4 is 20.0 Å². The third-order valence-corrected chi connectivity index (χ3v) is 7.56. The van der Waals surface area contributed by atoms with Gasteiger partial charge in [0.1, 0.15) is 0 Å². The van der Waals surface area contributed by atoms with Crippen LogP contribution in [-0.4, -0.2) is 40.2 Å². The van der Waals surface area contributed by atoms with Crippen LogP contribution in [0.25, 0.3) is 0 Å². The summed E-state index contributed by atoms with van der Waals surface area (Å²) in [6.45, 7) is 11.3. The summed E-state index contributed by atoms with van der Waals surface area (Å²) in [7, 11) is 0.798. The Morgan fingerprint density at radius 2 is 2.00 bits per heavy atom. The number of methoxy groups -OCH3 is 1. The van der Waals surface area contributed by atoms with Crippen molar-refractivity contribution in [3.8, 4) is 0 Å². The molecule has 0 radical (unpaired) electrons. The van der Waals surface area contributed by atoms with E-state index in [2.05, 4.69) is 67.4 Å². The summed E-state index contributed by atoms with van der Waals surface area (Å²) in [5.41, 5.74) is 3.26. The van der Waals surface area contributed by atoms with Crippen LogP contribution in [0.2, 0.25) is 19.6 Å². The second-order valence-electron chi connectivity index (χ2n) is 7.46. The number of hydrogen-bond donors (Lipinski definition) is 1. The number of fused-ring (bicyclic) bond motifs is 2. The minimum absolute atomic E-state index is 0.203. The lowest BCUT2D eigenvalue weighted by molar-refractivity contribution is 0.172. The van der Waals surface area contributed by atoms with Gasteiger partial charge in [-0.2, -0.15) is 0 Å². The fourth-order valence-corrected chi connectivity index (χ4v) is 3.60. The Balaban J connectivity index is 0.000000192. The van der Waals surface area contributed by atoms with Gasteiger partial charge in [0.2, 0.25) is 0 Å². The third-order valence-electron chi connectivity index (χ3n) is 4.88. The fourth-order valence-electron chi connectivity index (χ4n) is 2.89. The SMILES string of the molecule is C1=Nc2ccccc2C12CCCNC2.COC(C)[Si](C)(C)C. The first-order valence-electron chi connectivity index (χ1n) is 8.27. The summed E-state index contributed by atoms with van der Waals surface area (Å²) in [6, 6.07) is 8.50.